The van der Waals surface area contributed by atoms with Crippen LogP contribution in [0.4, 0.5) is 0 Å². The zero-order valence-corrected chi connectivity index (χ0v) is 21.3. The van der Waals surface area contributed by atoms with Crippen LogP contribution < -0.4 is 14.8 Å². The monoisotopic (exact) mass is 498 g/mol. The lowest BCUT2D eigenvalue weighted by atomic mass is 10.00. The number of fused-ring (bicyclic) bond motifs is 1. The number of benzene rings is 3. The van der Waals surface area contributed by atoms with Gasteiger partial charge in [0.05, 0.1) is 0 Å². The Labute approximate surface area is 218 Å². The van der Waals surface area contributed by atoms with E-state index in [4.69, 9.17) is 9.47 Å². The fourth-order valence-electron chi connectivity index (χ4n) is 5.16. The molecule has 0 unspecified atom stereocenters. The van der Waals surface area contributed by atoms with Crippen molar-refractivity contribution >= 4 is 11.8 Å². The van der Waals surface area contributed by atoms with Gasteiger partial charge in [-0.05, 0) is 49.4 Å². The van der Waals surface area contributed by atoms with Crippen LogP contribution in [-0.2, 0) is 16.0 Å². The molecule has 5 rings (SSSR count). The molecule has 192 valence electrons. The van der Waals surface area contributed by atoms with E-state index < -0.39 is 12.1 Å². The van der Waals surface area contributed by atoms with Crippen molar-refractivity contribution in [2.75, 3.05) is 13.2 Å². The van der Waals surface area contributed by atoms with Crippen molar-refractivity contribution in [3.8, 4) is 11.5 Å². The van der Waals surface area contributed by atoms with Crippen molar-refractivity contribution in [3.05, 3.63) is 95.6 Å². The van der Waals surface area contributed by atoms with Gasteiger partial charge >= 0.3 is 0 Å². The molecule has 0 spiro atoms. The average Bonchev–Trinajstić information content (AvgIpc) is 3.44. The second-order valence-corrected chi connectivity index (χ2v) is 9.93. The van der Waals surface area contributed by atoms with E-state index in [1.807, 2.05) is 79.7 Å². The van der Waals surface area contributed by atoms with Crippen LogP contribution in [0.25, 0.3) is 0 Å². The lowest BCUT2D eigenvalue weighted by Gasteiger charge is -2.36. The van der Waals surface area contributed by atoms with Crippen LogP contribution in [0.2, 0.25) is 0 Å². The molecule has 0 saturated heterocycles. The summed E-state index contributed by atoms with van der Waals surface area (Å²) in [6.45, 7) is 2.49. The molecule has 2 amide bonds. The molecule has 2 atom stereocenters. The third kappa shape index (κ3) is 5.96. The summed E-state index contributed by atoms with van der Waals surface area (Å²) >= 11 is 0. The fourth-order valence-corrected chi connectivity index (χ4v) is 5.16. The largest absolute Gasteiger partial charge is 0.485 e. The van der Waals surface area contributed by atoms with Crippen LogP contribution in [0, 0.1) is 6.92 Å². The quantitative estimate of drug-likeness (QED) is 0.474. The first kappa shape index (κ1) is 24.9. The second-order valence-electron chi connectivity index (χ2n) is 9.93. The van der Waals surface area contributed by atoms with Gasteiger partial charge in [0.15, 0.2) is 11.5 Å². The first-order chi connectivity index (χ1) is 18.1. The maximum Gasteiger partial charge on any atom is 0.268 e. The highest BCUT2D eigenvalue weighted by atomic mass is 16.6. The lowest BCUT2D eigenvalue weighted by molar-refractivity contribution is -0.148. The summed E-state index contributed by atoms with van der Waals surface area (Å²) in [6, 6.07) is 24.6. The number of hydrogen-bond donors (Lipinski definition) is 1. The van der Waals surface area contributed by atoms with E-state index >= 15 is 0 Å². The molecule has 1 saturated carbocycles. The van der Waals surface area contributed by atoms with Gasteiger partial charge in [-0.25, -0.2) is 0 Å². The van der Waals surface area contributed by atoms with Crippen molar-refractivity contribution in [2.24, 2.45) is 0 Å². The number of hydrogen-bond acceptors (Lipinski definition) is 4. The van der Waals surface area contributed by atoms with Crippen LogP contribution >= 0.6 is 0 Å². The Bertz CT molecular complexity index is 1210. The van der Waals surface area contributed by atoms with E-state index in [0.717, 1.165) is 42.4 Å². The van der Waals surface area contributed by atoms with Crippen molar-refractivity contribution in [3.63, 3.8) is 0 Å². The van der Waals surface area contributed by atoms with Crippen molar-refractivity contribution in [2.45, 2.75) is 57.2 Å². The number of para-hydroxylation sites is 2. The van der Waals surface area contributed by atoms with Gasteiger partial charge in [-0.2, -0.15) is 0 Å². The average molecular weight is 499 g/mol. The van der Waals surface area contributed by atoms with Crippen LogP contribution in [0.1, 0.15) is 48.4 Å². The van der Waals surface area contributed by atoms with Gasteiger partial charge in [0.2, 0.25) is 12.0 Å². The molecule has 1 fully saturated rings. The van der Waals surface area contributed by atoms with Gasteiger partial charge in [0, 0.05) is 12.6 Å². The summed E-state index contributed by atoms with van der Waals surface area (Å²) in [5.74, 6) is 0.765. The molecule has 1 aliphatic carbocycles. The smallest absolute Gasteiger partial charge is 0.268 e. The molecule has 2 aliphatic rings. The molecule has 37 heavy (non-hydrogen) atoms. The topological polar surface area (TPSA) is 67.9 Å². The number of carbonyl (C=O) groups excluding carboxylic acids is 2. The molecule has 0 bridgehead atoms. The summed E-state index contributed by atoms with van der Waals surface area (Å²) in [5.41, 5.74) is 2.99. The summed E-state index contributed by atoms with van der Waals surface area (Å²) in [5, 5.41) is 3.24. The maximum absolute atomic E-state index is 14.1. The standard InChI is InChI=1S/C31H34N2O4/c1-22-15-17-24(18-16-22)29(30(34)32-25-11-5-6-12-25)33(20-19-23-9-3-2-4-10-23)31(35)28-21-36-26-13-7-8-14-27(26)37-28/h2-4,7-10,13-18,25,28-29H,5-6,11-12,19-21H2,1H3,(H,32,34)/t28-,29+/m1/s1. The van der Waals surface area contributed by atoms with Crippen molar-refractivity contribution in [1.82, 2.24) is 10.2 Å². The van der Waals surface area contributed by atoms with E-state index in [1.54, 1.807) is 11.0 Å². The Hall–Kier alpha value is -3.80. The van der Waals surface area contributed by atoms with Crippen LogP contribution in [0.5, 0.6) is 11.5 Å². The summed E-state index contributed by atoms with van der Waals surface area (Å²) in [7, 11) is 0. The minimum atomic E-state index is -0.835. The zero-order chi connectivity index (χ0) is 25.6. The Balaban J connectivity index is 1.46. The highest BCUT2D eigenvalue weighted by Crippen LogP contribution is 2.33. The number of carbonyl (C=O) groups is 2. The van der Waals surface area contributed by atoms with Crippen LogP contribution in [0.15, 0.2) is 78.9 Å². The molecule has 6 heteroatoms. The van der Waals surface area contributed by atoms with Crippen molar-refractivity contribution in [1.29, 1.82) is 0 Å². The number of aryl methyl sites for hydroxylation is 1. The summed E-state index contributed by atoms with van der Waals surface area (Å²) in [4.78, 5) is 29.6. The summed E-state index contributed by atoms with van der Waals surface area (Å²) in [6.07, 6.45) is 3.96. The Morgan fingerprint density at radius 2 is 1.59 bits per heavy atom. The third-order valence-electron chi connectivity index (χ3n) is 7.21. The van der Waals surface area contributed by atoms with Gasteiger partial charge in [-0.3, -0.25) is 9.59 Å². The van der Waals surface area contributed by atoms with E-state index in [1.165, 1.54) is 0 Å². The predicted molar refractivity (Wildman–Crippen MR) is 143 cm³/mol. The van der Waals surface area contributed by atoms with Gasteiger partial charge in [0.25, 0.3) is 5.91 Å². The fraction of sp³-hybridized carbons (Fsp3) is 0.355. The first-order valence-electron chi connectivity index (χ1n) is 13.2. The Morgan fingerprint density at radius 1 is 0.919 bits per heavy atom. The molecule has 0 radical (unpaired) electrons. The third-order valence-corrected chi connectivity index (χ3v) is 7.21. The van der Waals surface area contributed by atoms with Gasteiger partial charge in [-0.15, -0.1) is 0 Å². The minimum Gasteiger partial charge on any atom is -0.485 e. The van der Waals surface area contributed by atoms with E-state index in [0.29, 0.717) is 24.5 Å². The number of nitrogens with one attached hydrogen (secondary N) is 1. The highest BCUT2D eigenvalue weighted by molar-refractivity contribution is 5.91. The Kier molecular flexibility index (Phi) is 7.73. The second kappa shape index (κ2) is 11.5. The number of nitrogens with zero attached hydrogens (tertiary/aromatic N) is 1. The van der Waals surface area contributed by atoms with E-state index in [2.05, 4.69) is 5.32 Å². The van der Waals surface area contributed by atoms with Gasteiger partial charge in [0.1, 0.15) is 12.6 Å². The maximum atomic E-state index is 14.1. The minimum absolute atomic E-state index is 0.0997. The number of rotatable bonds is 8. The number of ether oxygens (including phenoxy) is 2. The SMILES string of the molecule is Cc1ccc([C@@H](C(=O)NC2CCCC2)N(CCc2ccccc2)C(=O)[C@H]2COc3ccccc3O2)cc1. The number of amides is 2. The molecular formula is C31H34N2O4. The van der Waals surface area contributed by atoms with Crippen LogP contribution in [0.3, 0.4) is 0 Å². The molecule has 1 heterocycles. The van der Waals surface area contributed by atoms with Crippen LogP contribution in [-0.4, -0.2) is 42.0 Å². The normalized spacial score (nSPS) is 17.7. The Morgan fingerprint density at radius 3 is 2.32 bits per heavy atom. The molecule has 3 aromatic rings. The molecule has 1 aliphatic heterocycles. The molecule has 1 N–H and O–H groups in total. The van der Waals surface area contributed by atoms with Gasteiger partial charge in [-0.1, -0.05) is 85.1 Å². The van der Waals surface area contributed by atoms with E-state index in [9.17, 15) is 9.59 Å². The first-order valence-corrected chi connectivity index (χ1v) is 13.2. The van der Waals surface area contributed by atoms with E-state index in [-0.39, 0.29) is 24.5 Å². The zero-order valence-electron chi connectivity index (χ0n) is 21.3. The molecule has 3 aromatic carbocycles. The summed E-state index contributed by atoms with van der Waals surface area (Å²) < 4.78 is 12.0. The molecule has 0 aromatic heterocycles. The molecule has 6 nitrogen and oxygen atoms in total. The van der Waals surface area contributed by atoms with Gasteiger partial charge < -0.3 is 19.7 Å². The van der Waals surface area contributed by atoms with Crippen molar-refractivity contribution < 1.29 is 19.1 Å². The molecular weight excluding hydrogens is 464 g/mol. The predicted octanol–water partition coefficient (Wildman–Crippen LogP) is 5.01. The highest BCUT2D eigenvalue weighted by Gasteiger charge is 2.38. The lowest BCUT2D eigenvalue weighted by Crippen LogP contribution is -2.52.